The van der Waals surface area contributed by atoms with Crippen molar-refractivity contribution in [2.45, 2.75) is 258 Å². The van der Waals surface area contributed by atoms with Gasteiger partial charge < -0.3 is 14.2 Å². The Labute approximate surface area is 497 Å². The van der Waals surface area contributed by atoms with E-state index in [4.69, 9.17) is 14.2 Å². The van der Waals surface area contributed by atoms with Crippen LogP contribution in [0.15, 0.2) is 182 Å². The molecular formula is C75H116O6. The van der Waals surface area contributed by atoms with Crippen LogP contribution < -0.4 is 0 Å². The third-order valence-corrected chi connectivity index (χ3v) is 12.9. The van der Waals surface area contributed by atoms with E-state index in [2.05, 4.69) is 191 Å². The van der Waals surface area contributed by atoms with Crippen LogP contribution in [0.3, 0.4) is 0 Å². The van der Waals surface area contributed by atoms with E-state index in [-0.39, 0.29) is 38.0 Å². The summed E-state index contributed by atoms with van der Waals surface area (Å²) in [6.45, 7) is 6.19. The number of carbonyl (C=O) groups is 3. The average Bonchev–Trinajstić information content (AvgIpc) is 3.47. The fraction of sp³-hybridized carbons (Fsp3) is 0.560. The maximum absolute atomic E-state index is 12.9. The molecule has 1 unspecified atom stereocenters. The zero-order valence-corrected chi connectivity index (χ0v) is 51.7. The zero-order chi connectivity index (χ0) is 58.5. The summed E-state index contributed by atoms with van der Waals surface area (Å²) in [4.78, 5) is 38.3. The molecule has 81 heavy (non-hydrogen) atoms. The Morgan fingerprint density at radius 1 is 0.259 bits per heavy atom. The third-order valence-electron chi connectivity index (χ3n) is 12.9. The van der Waals surface area contributed by atoms with Crippen LogP contribution in [0, 0.1) is 0 Å². The molecule has 0 N–H and O–H groups in total. The number of carbonyl (C=O) groups excluding carboxylic acids is 3. The SMILES string of the molecule is CC/C=C\C/C=C\C/C=C\C/C=C\C/C=C\C/C=C\CCCCCCCCCCCCC(=O)OCC(COC(=O)C/C=C\C/C=C\C/C=C\C/C=C\C/C=C\CC)OC(=O)CCCCCCCC/C=C\C/C=C\C/C=C\C/C=C\CC. The van der Waals surface area contributed by atoms with Crippen LogP contribution in [0.1, 0.15) is 252 Å². The molecule has 452 valence electrons. The van der Waals surface area contributed by atoms with Crippen LogP contribution >= 0.6 is 0 Å². The molecule has 0 aliphatic carbocycles. The van der Waals surface area contributed by atoms with Gasteiger partial charge in [-0.25, -0.2) is 0 Å². The normalized spacial score (nSPS) is 13.4. The molecule has 0 rings (SSSR count). The number of esters is 3. The molecule has 0 radical (unpaired) electrons. The highest BCUT2D eigenvalue weighted by molar-refractivity contribution is 5.72. The second-order valence-electron chi connectivity index (χ2n) is 20.5. The van der Waals surface area contributed by atoms with Gasteiger partial charge in [0, 0.05) is 12.8 Å². The summed E-state index contributed by atoms with van der Waals surface area (Å²) in [6.07, 6.45) is 101. The predicted octanol–water partition coefficient (Wildman–Crippen LogP) is 22.4. The van der Waals surface area contributed by atoms with E-state index in [1.807, 2.05) is 6.08 Å². The molecule has 0 fully saturated rings. The van der Waals surface area contributed by atoms with Crippen LogP contribution in [0.2, 0.25) is 0 Å². The number of unbranched alkanes of at least 4 members (excludes halogenated alkanes) is 16. The predicted molar refractivity (Wildman–Crippen MR) is 352 cm³/mol. The standard InChI is InChI=1S/C75H116O6/c1-4-7-10-13-16-19-22-25-28-30-32-33-34-35-36-37-38-39-40-41-43-44-47-50-53-56-59-62-65-68-74(77)80-71-72(70-79-73(76)67-64-61-58-55-52-49-46-27-24-21-18-15-12-9-6-3)81-75(78)69-66-63-60-57-54-51-48-45-42-31-29-26-23-20-17-14-11-8-5-2/h7-12,16-21,25-29,32-33,35-36,38-39,42,45-46,52,55,61,64,72H,4-6,13-15,22-24,30-31,34,37,40-41,43-44,47-51,53-54,56-60,62-63,65-71H2,1-3H3/b10-7-,11-8-,12-9-,19-16-,20-17-,21-18-,28-25-,29-26-,33-32-,36-35-,39-38-,45-42-,46-27-,55-52-,64-61-. The molecule has 1 atom stereocenters. The molecule has 0 saturated heterocycles. The highest BCUT2D eigenvalue weighted by Gasteiger charge is 2.19. The van der Waals surface area contributed by atoms with Gasteiger partial charge in [-0.2, -0.15) is 0 Å². The molecule has 0 saturated carbocycles. The van der Waals surface area contributed by atoms with Gasteiger partial charge in [0.2, 0.25) is 0 Å². The molecule has 0 bridgehead atoms. The van der Waals surface area contributed by atoms with Gasteiger partial charge in [-0.1, -0.05) is 280 Å². The van der Waals surface area contributed by atoms with Gasteiger partial charge in [0.05, 0.1) is 6.42 Å². The summed E-state index contributed by atoms with van der Waals surface area (Å²) >= 11 is 0. The molecular weight excluding hydrogens is 997 g/mol. The van der Waals surface area contributed by atoms with Gasteiger partial charge in [-0.05, 0) is 135 Å². The van der Waals surface area contributed by atoms with Crippen molar-refractivity contribution in [3.63, 3.8) is 0 Å². The van der Waals surface area contributed by atoms with Gasteiger partial charge in [-0.15, -0.1) is 0 Å². The van der Waals surface area contributed by atoms with Gasteiger partial charge in [-0.3, -0.25) is 14.4 Å². The Kier molecular flexibility index (Phi) is 62.5. The minimum atomic E-state index is -0.839. The number of hydrogen-bond acceptors (Lipinski definition) is 6. The minimum Gasteiger partial charge on any atom is -0.462 e. The third kappa shape index (κ3) is 65.2. The largest absolute Gasteiger partial charge is 0.462 e. The van der Waals surface area contributed by atoms with E-state index in [9.17, 15) is 14.4 Å². The Morgan fingerprint density at radius 2 is 0.494 bits per heavy atom. The number of ether oxygens (including phenoxy) is 3. The Bertz CT molecular complexity index is 1900. The first kappa shape index (κ1) is 75.5. The molecule has 0 aliphatic rings. The lowest BCUT2D eigenvalue weighted by Gasteiger charge is -2.18. The highest BCUT2D eigenvalue weighted by atomic mass is 16.6. The van der Waals surface area contributed by atoms with E-state index >= 15 is 0 Å². The van der Waals surface area contributed by atoms with E-state index in [0.29, 0.717) is 6.42 Å². The summed E-state index contributed by atoms with van der Waals surface area (Å²) in [7, 11) is 0. The maximum atomic E-state index is 12.9. The summed E-state index contributed by atoms with van der Waals surface area (Å²) in [5.74, 6) is -1.08. The summed E-state index contributed by atoms with van der Waals surface area (Å²) in [5, 5.41) is 0. The first-order valence-electron chi connectivity index (χ1n) is 32.3. The van der Waals surface area contributed by atoms with Crippen molar-refractivity contribution < 1.29 is 28.6 Å². The molecule has 6 heteroatoms. The fourth-order valence-corrected chi connectivity index (χ4v) is 8.22. The first-order chi connectivity index (χ1) is 40.0. The van der Waals surface area contributed by atoms with E-state index < -0.39 is 12.1 Å². The second kappa shape index (κ2) is 67.0. The van der Waals surface area contributed by atoms with E-state index in [1.165, 1.54) is 57.8 Å². The van der Waals surface area contributed by atoms with Crippen molar-refractivity contribution in [2.75, 3.05) is 13.2 Å². The van der Waals surface area contributed by atoms with Crippen molar-refractivity contribution in [3.8, 4) is 0 Å². The Morgan fingerprint density at radius 3 is 0.802 bits per heavy atom. The molecule has 0 aromatic rings. The lowest BCUT2D eigenvalue weighted by atomic mass is 10.1. The smallest absolute Gasteiger partial charge is 0.309 e. The molecule has 6 nitrogen and oxygen atoms in total. The van der Waals surface area contributed by atoms with Crippen molar-refractivity contribution >= 4 is 17.9 Å². The summed E-state index contributed by atoms with van der Waals surface area (Å²) < 4.78 is 16.8. The van der Waals surface area contributed by atoms with Crippen molar-refractivity contribution in [2.24, 2.45) is 0 Å². The highest BCUT2D eigenvalue weighted by Crippen LogP contribution is 2.14. The van der Waals surface area contributed by atoms with Crippen molar-refractivity contribution in [3.05, 3.63) is 182 Å². The lowest BCUT2D eigenvalue weighted by molar-refractivity contribution is -0.166. The molecule has 0 aliphatic heterocycles. The van der Waals surface area contributed by atoms with Gasteiger partial charge in [0.25, 0.3) is 0 Å². The maximum Gasteiger partial charge on any atom is 0.309 e. The molecule has 0 aromatic carbocycles. The topological polar surface area (TPSA) is 78.9 Å². The van der Waals surface area contributed by atoms with Gasteiger partial charge in [0.15, 0.2) is 6.10 Å². The monoisotopic (exact) mass is 1110 g/mol. The molecule has 0 heterocycles. The zero-order valence-electron chi connectivity index (χ0n) is 51.7. The molecule has 0 aromatic heterocycles. The van der Waals surface area contributed by atoms with Crippen molar-refractivity contribution in [1.29, 1.82) is 0 Å². The number of allylic oxidation sites excluding steroid dienone is 29. The van der Waals surface area contributed by atoms with E-state index in [0.717, 1.165) is 154 Å². The summed E-state index contributed by atoms with van der Waals surface area (Å²) in [6, 6.07) is 0. The lowest BCUT2D eigenvalue weighted by Crippen LogP contribution is -2.30. The van der Waals surface area contributed by atoms with Crippen LogP contribution in [0.4, 0.5) is 0 Å². The second-order valence-corrected chi connectivity index (χ2v) is 20.5. The Hall–Kier alpha value is -5.49. The van der Waals surface area contributed by atoms with Gasteiger partial charge >= 0.3 is 17.9 Å². The van der Waals surface area contributed by atoms with Crippen LogP contribution in [-0.2, 0) is 28.6 Å². The fourth-order valence-electron chi connectivity index (χ4n) is 8.22. The van der Waals surface area contributed by atoms with Gasteiger partial charge in [0.1, 0.15) is 13.2 Å². The minimum absolute atomic E-state index is 0.114. The number of rotatable bonds is 56. The van der Waals surface area contributed by atoms with Crippen molar-refractivity contribution in [1.82, 2.24) is 0 Å². The quantitative estimate of drug-likeness (QED) is 0.0261. The first-order valence-corrected chi connectivity index (χ1v) is 32.3. The summed E-state index contributed by atoms with van der Waals surface area (Å²) in [5.41, 5.74) is 0. The van der Waals surface area contributed by atoms with E-state index in [1.54, 1.807) is 6.08 Å². The van der Waals surface area contributed by atoms with Crippen LogP contribution in [-0.4, -0.2) is 37.2 Å². The van der Waals surface area contributed by atoms with Crippen LogP contribution in [0.25, 0.3) is 0 Å². The number of hydrogen-bond donors (Lipinski definition) is 0. The van der Waals surface area contributed by atoms with Crippen LogP contribution in [0.5, 0.6) is 0 Å². The molecule has 0 amide bonds. The Balaban J connectivity index is 4.45. The average molecular weight is 1110 g/mol. The molecule has 0 spiro atoms.